The molecule has 0 radical (unpaired) electrons. The molecule has 0 spiro atoms. The first kappa shape index (κ1) is 15.3. The molecule has 0 saturated carbocycles. The Labute approximate surface area is 136 Å². The number of hydrogen-bond donors (Lipinski definition) is 1. The van der Waals surface area contributed by atoms with Gasteiger partial charge in [-0.3, -0.25) is 9.48 Å². The Bertz CT molecular complexity index is 779. The van der Waals surface area contributed by atoms with Crippen molar-refractivity contribution in [1.29, 1.82) is 0 Å². The van der Waals surface area contributed by atoms with Gasteiger partial charge in [0.25, 0.3) is 0 Å². The van der Waals surface area contributed by atoms with Crippen molar-refractivity contribution in [2.75, 3.05) is 6.54 Å². The summed E-state index contributed by atoms with van der Waals surface area (Å²) in [5.41, 5.74) is 2.22. The van der Waals surface area contributed by atoms with Crippen molar-refractivity contribution in [3.8, 4) is 0 Å². The van der Waals surface area contributed by atoms with Crippen LogP contribution in [0.2, 0.25) is 0 Å². The van der Waals surface area contributed by atoms with Gasteiger partial charge in [-0.05, 0) is 24.5 Å². The number of benzene rings is 2. The largest absolute Gasteiger partial charge is 0.354 e. The quantitative estimate of drug-likeness (QED) is 0.759. The average molecular weight is 307 g/mol. The van der Waals surface area contributed by atoms with Gasteiger partial charge in [0.05, 0.1) is 11.7 Å². The van der Waals surface area contributed by atoms with Crippen molar-refractivity contribution in [2.45, 2.75) is 25.8 Å². The van der Waals surface area contributed by atoms with E-state index < -0.39 is 0 Å². The summed E-state index contributed by atoms with van der Waals surface area (Å²) in [6.45, 7) is 2.65. The van der Waals surface area contributed by atoms with Crippen molar-refractivity contribution >= 4 is 16.8 Å². The summed E-state index contributed by atoms with van der Waals surface area (Å²) in [4.78, 5) is 12.5. The molecule has 1 N–H and O–H groups in total. The van der Waals surface area contributed by atoms with Crippen molar-refractivity contribution in [1.82, 2.24) is 15.1 Å². The lowest BCUT2D eigenvalue weighted by Crippen LogP contribution is -2.34. The average Bonchev–Trinajstić information content (AvgIpc) is 3.01. The van der Waals surface area contributed by atoms with Crippen molar-refractivity contribution in [3.63, 3.8) is 0 Å². The lowest BCUT2D eigenvalue weighted by molar-refractivity contribution is -0.124. The standard InChI is InChI=1S/C19H21N3O/c1-2-17(22-18-11-7-6-10-16(18)14-21-22)19(23)20-13-12-15-8-4-3-5-9-15/h3-11,14,17H,2,12-13H2,1H3,(H,20,23). The highest BCUT2D eigenvalue weighted by Crippen LogP contribution is 2.19. The van der Waals surface area contributed by atoms with E-state index in [0.717, 1.165) is 17.3 Å². The molecule has 0 aliphatic heterocycles. The maximum absolute atomic E-state index is 12.5. The summed E-state index contributed by atoms with van der Waals surface area (Å²) in [5, 5.41) is 8.50. The van der Waals surface area contributed by atoms with Gasteiger partial charge < -0.3 is 5.32 Å². The number of aromatic nitrogens is 2. The Morgan fingerprint density at radius 3 is 2.65 bits per heavy atom. The van der Waals surface area contributed by atoms with Gasteiger partial charge >= 0.3 is 0 Å². The molecule has 4 nitrogen and oxygen atoms in total. The number of nitrogens with zero attached hydrogens (tertiary/aromatic N) is 2. The molecule has 1 aromatic heterocycles. The van der Waals surface area contributed by atoms with E-state index in [1.54, 1.807) is 0 Å². The zero-order valence-corrected chi connectivity index (χ0v) is 13.3. The molecule has 0 fully saturated rings. The fourth-order valence-corrected chi connectivity index (χ4v) is 2.80. The predicted molar refractivity (Wildman–Crippen MR) is 92.2 cm³/mol. The molecule has 0 saturated heterocycles. The fraction of sp³-hybridized carbons (Fsp3) is 0.263. The number of hydrogen-bond acceptors (Lipinski definition) is 2. The van der Waals surface area contributed by atoms with Crippen LogP contribution in [0, 0.1) is 0 Å². The van der Waals surface area contributed by atoms with E-state index in [-0.39, 0.29) is 11.9 Å². The molecule has 3 rings (SSSR count). The Balaban J connectivity index is 1.67. The Morgan fingerprint density at radius 2 is 1.87 bits per heavy atom. The second-order valence-electron chi connectivity index (χ2n) is 5.60. The summed E-state index contributed by atoms with van der Waals surface area (Å²) >= 11 is 0. The highest BCUT2D eigenvalue weighted by atomic mass is 16.2. The first-order valence-corrected chi connectivity index (χ1v) is 8.03. The Kier molecular flexibility index (Phi) is 4.71. The highest BCUT2D eigenvalue weighted by Gasteiger charge is 2.20. The van der Waals surface area contributed by atoms with Gasteiger partial charge in [-0.25, -0.2) is 0 Å². The minimum atomic E-state index is -0.273. The van der Waals surface area contributed by atoms with Crippen molar-refractivity contribution in [2.24, 2.45) is 0 Å². The Morgan fingerprint density at radius 1 is 1.13 bits per heavy atom. The molecule has 0 bridgehead atoms. The number of carbonyl (C=O) groups excluding carboxylic acids is 1. The van der Waals surface area contributed by atoms with E-state index in [1.807, 2.05) is 60.3 Å². The van der Waals surface area contributed by atoms with Gasteiger partial charge in [-0.2, -0.15) is 5.10 Å². The van der Waals surface area contributed by atoms with Crippen LogP contribution in [0.15, 0.2) is 60.8 Å². The van der Waals surface area contributed by atoms with Gasteiger partial charge in [0.2, 0.25) is 5.91 Å². The molecule has 118 valence electrons. The SMILES string of the molecule is CCC(C(=O)NCCc1ccccc1)n1ncc2ccccc21. The van der Waals surface area contributed by atoms with Crippen LogP contribution in [-0.4, -0.2) is 22.2 Å². The van der Waals surface area contributed by atoms with Crippen LogP contribution in [0.25, 0.3) is 10.9 Å². The molecule has 0 aliphatic rings. The highest BCUT2D eigenvalue weighted by molar-refractivity contribution is 5.84. The third-order valence-electron chi connectivity index (χ3n) is 4.05. The van der Waals surface area contributed by atoms with Gasteiger partial charge in [0.15, 0.2) is 0 Å². The maximum atomic E-state index is 12.5. The third kappa shape index (κ3) is 3.42. The molecule has 1 amide bonds. The lowest BCUT2D eigenvalue weighted by Gasteiger charge is -2.16. The van der Waals surface area contributed by atoms with Gasteiger partial charge in [-0.1, -0.05) is 55.5 Å². The van der Waals surface area contributed by atoms with Crippen molar-refractivity contribution in [3.05, 3.63) is 66.4 Å². The zero-order valence-electron chi connectivity index (χ0n) is 13.3. The topological polar surface area (TPSA) is 46.9 Å². The van der Waals surface area contributed by atoms with Crippen LogP contribution in [0.3, 0.4) is 0 Å². The summed E-state index contributed by atoms with van der Waals surface area (Å²) in [7, 11) is 0. The molecule has 1 atom stereocenters. The molecular weight excluding hydrogens is 286 g/mol. The number of nitrogens with one attached hydrogen (secondary N) is 1. The molecule has 2 aromatic carbocycles. The summed E-state index contributed by atoms with van der Waals surface area (Å²) in [6.07, 6.45) is 3.36. The third-order valence-corrected chi connectivity index (χ3v) is 4.05. The first-order chi connectivity index (χ1) is 11.3. The number of rotatable bonds is 6. The molecule has 1 unspecified atom stereocenters. The first-order valence-electron chi connectivity index (χ1n) is 8.03. The second-order valence-corrected chi connectivity index (χ2v) is 5.60. The van der Waals surface area contributed by atoms with Crippen LogP contribution in [0.1, 0.15) is 24.9 Å². The van der Waals surface area contributed by atoms with Crippen LogP contribution >= 0.6 is 0 Å². The number of para-hydroxylation sites is 1. The van der Waals surface area contributed by atoms with Gasteiger partial charge in [0.1, 0.15) is 6.04 Å². The van der Waals surface area contributed by atoms with E-state index in [0.29, 0.717) is 13.0 Å². The normalized spacial score (nSPS) is 12.2. The van der Waals surface area contributed by atoms with E-state index >= 15 is 0 Å². The van der Waals surface area contributed by atoms with Crippen molar-refractivity contribution < 1.29 is 4.79 Å². The van der Waals surface area contributed by atoms with Gasteiger partial charge in [-0.15, -0.1) is 0 Å². The summed E-state index contributed by atoms with van der Waals surface area (Å²) in [6, 6.07) is 17.9. The van der Waals surface area contributed by atoms with Crippen LogP contribution < -0.4 is 5.32 Å². The second kappa shape index (κ2) is 7.09. The van der Waals surface area contributed by atoms with E-state index in [1.165, 1.54) is 5.56 Å². The number of carbonyl (C=O) groups is 1. The predicted octanol–water partition coefficient (Wildman–Crippen LogP) is 3.35. The molecular formula is C19H21N3O. The molecule has 4 heteroatoms. The van der Waals surface area contributed by atoms with Crippen LogP contribution in [0.4, 0.5) is 0 Å². The molecule has 1 heterocycles. The number of amides is 1. The molecule has 23 heavy (non-hydrogen) atoms. The lowest BCUT2D eigenvalue weighted by atomic mass is 10.1. The minimum Gasteiger partial charge on any atom is -0.354 e. The summed E-state index contributed by atoms with van der Waals surface area (Å²) < 4.78 is 1.83. The van der Waals surface area contributed by atoms with Gasteiger partial charge in [0, 0.05) is 11.9 Å². The van der Waals surface area contributed by atoms with E-state index in [9.17, 15) is 4.79 Å². The smallest absolute Gasteiger partial charge is 0.244 e. The monoisotopic (exact) mass is 307 g/mol. The maximum Gasteiger partial charge on any atom is 0.244 e. The number of fused-ring (bicyclic) bond motifs is 1. The van der Waals surface area contributed by atoms with Crippen LogP contribution in [-0.2, 0) is 11.2 Å². The zero-order chi connectivity index (χ0) is 16.1. The molecule has 3 aromatic rings. The fourth-order valence-electron chi connectivity index (χ4n) is 2.80. The summed E-state index contributed by atoms with van der Waals surface area (Å²) in [5.74, 6) is 0.0253. The minimum absolute atomic E-state index is 0.0253. The van der Waals surface area contributed by atoms with E-state index in [2.05, 4.69) is 22.5 Å². The molecule has 0 aliphatic carbocycles. The van der Waals surface area contributed by atoms with Crippen LogP contribution in [0.5, 0.6) is 0 Å². The Hall–Kier alpha value is -2.62. The van der Waals surface area contributed by atoms with E-state index in [4.69, 9.17) is 0 Å².